The van der Waals surface area contributed by atoms with Gasteiger partial charge in [-0.2, -0.15) is 0 Å². The lowest BCUT2D eigenvalue weighted by molar-refractivity contribution is 0.150. The van der Waals surface area contributed by atoms with E-state index in [1.54, 1.807) is 13.4 Å². The monoisotopic (exact) mass is 313 g/mol. The largest absolute Gasteiger partial charge is 0.468 e. The Balaban J connectivity index is 2.05. The van der Waals surface area contributed by atoms with Crippen molar-refractivity contribution >= 4 is 15.9 Å². The number of furan rings is 2. The summed E-state index contributed by atoms with van der Waals surface area (Å²) in [6.07, 6.45) is 1.66. The molecule has 0 aliphatic carbocycles. The molecule has 5 heteroatoms. The molecule has 98 valence electrons. The first kappa shape index (κ1) is 13.4. The van der Waals surface area contributed by atoms with Crippen molar-refractivity contribution < 1.29 is 13.6 Å². The lowest BCUT2D eigenvalue weighted by Crippen LogP contribution is -2.27. The van der Waals surface area contributed by atoms with Gasteiger partial charge < -0.3 is 13.6 Å². The van der Waals surface area contributed by atoms with E-state index in [9.17, 15) is 0 Å². The van der Waals surface area contributed by atoms with E-state index in [1.165, 1.54) is 0 Å². The van der Waals surface area contributed by atoms with Gasteiger partial charge in [-0.15, -0.1) is 0 Å². The van der Waals surface area contributed by atoms with Gasteiger partial charge in [0.1, 0.15) is 11.5 Å². The predicted molar refractivity (Wildman–Crippen MR) is 71.3 cm³/mol. The quantitative estimate of drug-likeness (QED) is 0.884. The topological polar surface area (TPSA) is 47.5 Å². The van der Waals surface area contributed by atoms with Crippen LogP contribution in [0.15, 0.2) is 44.0 Å². The van der Waals surface area contributed by atoms with E-state index in [2.05, 4.69) is 21.2 Å². The average Bonchev–Trinajstić information content (AvgIpc) is 2.98. The van der Waals surface area contributed by atoms with Gasteiger partial charge in [0.15, 0.2) is 4.67 Å². The van der Waals surface area contributed by atoms with Crippen molar-refractivity contribution in [3.05, 3.63) is 46.7 Å². The molecule has 0 fully saturated rings. The summed E-state index contributed by atoms with van der Waals surface area (Å²) in [4.78, 5) is 0. The summed E-state index contributed by atoms with van der Waals surface area (Å²) in [6.45, 7) is 2.58. The molecule has 0 unspecified atom stereocenters. The highest BCUT2D eigenvalue weighted by molar-refractivity contribution is 9.10. The van der Waals surface area contributed by atoms with Crippen LogP contribution >= 0.6 is 15.9 Å². The Hall–Kier alpha value is -1.04. The van der Waals surface area contributed by atoms with Crippen LogP contribution in [0.25, 0.3) is 0 Å². The molecule has 2 atom stereocenters. The van der Waals surface area contributed by atoms with Gasteiger partial charge in [0.2, 0.25) is 0 Å². The number of ether oxygens (including phenoxy) is 1. The van der Waals surface area contributed by atoms with Crippen molar-refractivity contribution in [3.8, 4) is 0 Å². The highest BCUT2D eigenvalue weighted by Gasteiger charge is 2.19. The number of methoxy groups -OCH3 is 1. The number of rotatable bonds is 6. The van der Waals surface area contributed by atoms with Gasteiger partial charge in [0, 0.05) is 7.11 Å². The van der Waals surface area contributed by atoms with Crippen LogP contribution < -0.4 is 5.32 Å². The van der Waals surface area contributed by atoms with Crippen LogP contribution in [-0.4, -0.2) is 13.7 Å². The minimum absolute atomic E-state index is 0.00359. The average molecular weight is 314 g/mol. The molecule has 0 spiro atoms. The van der Waals surface area contributed by atoms with Crippen LogP contribution in [0.3, 0.4) is 0 Å². The zero-order valence-electron chi connectivity index (χ0n) is 10.4. The zero-order chi connectivity index (χ0) is 13.0. The van der Waals surface area contributed by atoms with Gasteiger partial charge >= 0.3 is 0 Å². The molecule has 0 saturated carbocycles. The second-order valence-corrected chi connectivity index (χ2v) is 4.84. The van der Waals surface area contributed by atoms with Crippen LogP contribution in [0, 0.1) is 0 Å². The maximum atomic E-state index is 5.52. The maximum absolute atomic E-state index is 5.52. The normalized spacial score (nSPS) is 14.6. The number of halogens is 1. The van der Waals surface area contributed by atoms with E-state index in [1.807, 2.05) is 31.2 Å². The fourth-order valence-electron chi connectivity index (χ4n) is 1.81. The molecule has 0 aromatic carbocycles. The fourth-order valence-corrected chi connectivity index (χ4v) is 2.13. The Morgan fingerprint density at radius 3 is 2.72 bits per heavy atom. The molecule has 2 aromatic rings. The van der Waals surface area contributed by atoms with Gasteiger partial charge in [-0.3, -0.25) is 5.32 Å². The van der Waals surface area contributed by atoms with Crippen molar-refractivity contribution in [1.82, 2.24) is 5.32 Å². The minimum atomic E-state index is 0.00359. The number of hydrogen-bond donors (Lipinski definition) is 1. The summed E-state index contributed by atoms with van der Waals surface area (Å²) in [6, 6.07) is 7.69. The van der Waals surface area contributed by atoms with Crippen LogP contribution in [0.1, 0.15) is 30.5 Å². The predicted octanol–water partition coefficient (Wildman–Crippen LogP) is 3.67. The van der Waals surface area contributed by atoms with Crippen LogP contribution in [0.5, 0.6) is 0 Å². The first-order valence-corrected chi connectivity index (χ1v) is 6.53. The van der Waals surface area contributed by atoms with Crippen LogP contribution in [0.4, 0.5) is 0 Å². The van der Waals surface area contributed by atoms with Crippen molar-refractivity contribution in [2.45, 2.75) is 19.0 Å². The van der Waals surface area contributed by atoms with Gasteiger partial charge in [-0.1, -0.05) is 0 Å². The molecule has 0 bridgehead atoms. The summed E-state index contributed by atoms with van der Waals surface area (Å²) in [5.74, 6) is 1.73. The smallest absolute Gasteiger partial charge is 0.169 e. The van der Waals surface area contributed by atoms with Crippen molar-refractivity contribution in [1.29, 1.82) is 0 Å². The summed E-state index contributed by atoms with van der Waals surface area (Å²) in [5.41, 5.74) is 0. The zero-order valence-corrected chi connectivity index (χ0v) is 11.9. The molecule has 2 aromatic heterocycles. The summed E-state index contributed by atoms with van der Waals surface area (Å²) >= 11 is 3.30. The van der Waals surface area contributed by atoms with E-state index < -0.39 is 0 Å². The molecule has 0 aliphatic heterocycles. The SMILES string of the molecule is COC[C@H](N[C@@H](C)c1ccc(Br)o1)c1ccco1. The third-order valence-electron chi connectivity index (χ3n) is 2.69. The molecule has 1 N–H and O–H groups in total. The highest BCUT2D eigenvalue weighted by Crippen LogP contribution is 2.23. The summed E-state index contributed by atoms with van der Waals surface area (Å²) in [7, 11) is 1.67. The fraction of sp³-hybridized carbons (Fsp3) is 0.385. The molecule has 2 rings (SSSR count). The maximum Gasteiger partial charge on any atom is 0.169 e. The first-order valence-electron chi connectivity index (χ1n) is 5.74. The second-order valence-electron chi connectivity index (χ2n) is 4.05. The number of hydrogen-bond acceptors (Lipinski definition) is 4. The van der Waals surface area contributed by atoms with E-state index in [0.29, 0.717) is 6.61 Å². The minimum Gasteiger partial charge on any atom is -0.468 e. The molecule has 2 heterocycles. The molecule has 0 saturated heterocycles. The summed E-state index contributed by atoms with van der Waals surface area (Å²) in [5, 5.41) is 3.42. The Bertz CT molecular complexity index is 466. The lowest BCUT2D eigenvalue weighted by Gasteiger charge is -2.19. The Labute approximate surface area is 114 Å². The molecule has 4 nitrogen and oxygen atoms in total. The van der Waals surface area contributed by atoms with Gasteiger partial charge in [0.25, 0.3) is 0 Å². The van der Waals surface area contributed by atoms with E-state index in [-0.39, 0.29) is 12.1 Å². The summed E-state index contributed by atoms with van der Waals surface area (Å²) < 4.78 is 16.9. The Kier molecular flexibility index (Phi) is 4.63. The Morgan fingerprint density at radius 1 is 1.33 bits per heavy atom. The third-order valence-corrected chi connectivity index (χ3v) is 3.12. The molecule has 0 aliphatic rings. The van der Waals surface area contributed by atoms with Gasteiger partial charge in [-0.25, -0.2) is 0 Å². The molecule has 0 radical (unpaired) electrons. The highest BCUT2D eigenvalue weighted by atomic mass is 79.9. The second kappa shape index (κ2) is 6.22. The Morgan fingerprint density at radius 2 is 2.17 bits per heavy atom. The molecular weight excluding hydrogens is 298 g/mol. The molecular formula is C13H16BrNO3. The van der Waals surface area contributed by atoms with Crippen molar-refractivity contribution in [2.75, 3.05) is 13.7 Å². The van der Waals surface area contributed by atoms with Crippen molar-refractivity contribution in [3.63, 3.8) is 0 Å². The first-order chi connectivity index (χ1) is 8.70. The number of nitrogens with one attached hydrogen (secondary N) is 1. The van der Waals surface area contributed by atoms with E-state index in [4.69, 9.17) is 13.6 Å². The third kappa shape index (κ3) is 3.25. The van der Waals surface area contributed by atoms with Crippen LogP contribution in [0.2, 0.25) is 0 Å². The van der Waals surface area contributed by atoms with E-state index >= 15 is 0 Å². The lowest BCUT2D eigenvalue weighted by atomic mass is 10.2. The van der Waals surface area contributed by atoms with Crippen LogP contribution in [-0.2, 0) is 4.74 Å². The van der Waals surface area contributed by atoms with E-state index in [0.717, 1.165) is 16.2 Å². The van der Waals surface area contributed by atoms with Gasteiger partial charge in [0.05, 0.1) is 25.0 Å². The standard InChI is InChI=1S/C13H16BrNO3/c1-9(11-5-6-13(14)18-11)15-10(8-16-2)12-4-3-7-17-12/h3-7,9-10,15H,8H2,1-2H3/t9-,10-/m0/s1. The van der Waals surface area contributed by atoms with Gasteiger partial charge in [-0.05, 0) is 47.1 Å². The van der Waals surface area contributed by atoms with Crippen molar-refractivity contribution in [2.24, 2.45) is 0 Å². The molecule has 18 heavy (non-hydrogen) atoms. The molecule has 0 amide bonds.